The maximum atomic E-state index is 12.3. The molecule has 0 radical (unpaired) electrons. The van der Waals surface area contributed by atoms with Crippen LogP contribution in [0.1, 0.15) is 12.5 Å². The van der Waals surface area contributed by atoms with Crippen molar-refractivity contribution in [2.75, 3.05) is 6.54 Å². The molecular weight excluding hydrogens is 268 g/mol. The first-order valence-electron chi connectivity index (χ1n) is 6.65. The molecule has 5 nitrogen and oxygen atoms in total. The zero-order valence-electron chi connectivity index (χ0n) is 11.7. The molecule has 21 heavy (non-hydrogen) atoms. The molecule has 1 aromatic rings. The Bertz CT molecular complexity index is 604. The highest BCUT2D eigenvalue weighted by atomic mass is 16.2. The summed E-state index contributed by atoms with van der Waals surface area (Å²) in [6.45, 7) is 1.95. The number of Topliss-reactive ketones (excluding diaryl/α,β-unsaturated/α-hetero) is 1. The van der Waals surface area contributed by atoms with Gasteiger partial charge in [-0.3, -0.25) is 14.4 Å². The lowest BCUT2D eigenvalue weighted by molar-refractivity contribution is -0.140. The molecule has 5 heteroatoms. The van der Waals surface area contributed by atoms with Gasteiger partial charge in [-0.05, 0) is 12.5 Å². The Morgan fingerprint density at radius 3 is 2.62 bits per heavy atom. The predicted molar refractivity (Wildman–Crippen MR) is 76.8 cm³/mol. The minimum absolute atomic E-state index is 0.00294. The van der Waals surface area contributed by atoms with Crippen LogP contribution < -0.4 is 5.32 Å². The van der Waals surface area contributed by atoms with Gasteiger partial charge in [-0.1, -0.05) is 36.3 Å². The van der Waals surface area contributed by atoms with E-state index in [1.54, 1.807) is 6.92 Å². The summed E-state index contributed by atoms with van der Waals surface area (Å²) in [5.41, 5.74) is 0.912. The maximum absolute atomic E-state index is 12.3. The zero-order valence-corrected chi connectivity index (χ0v) is 11.7. The van der Waals surface area contributed by atoms with Crippen molar-refractivity contribution in [3.05, 3.63) is 35.9 Å². The molecule has 1 aliphatic heterocycles. The summed E-state index contributed by atoms with van der Waals surface area (Å²) in [6, 6.07) is 8.73. The van der Waals surface area contributed by atoms with Crippen molar-refractivity contribution in [2.24, 2.45) is 5.92 Å². The van der Waals surface area contributed by atoms with Crippen LogP contribution in [0.2, 0.25) is 0 Å². The second kappa shape index (κ2) is 6.23. The Balaban J connectivity index is 2.15. The van der Waals surface area contributed by atoms with E-state index in [1.807, 2.05) is 30.3 Å². The standard InChI is InChI=1S/C16H16N2O3/c1-3-9-17-15(20)13-14(19)11(2)18(16(13)21)10-12-7-5-4-6-8-12/h1,4-8,11,13H,9-10H2,2H3,(H,17,20). The highest BCUT2D eigenvalue weighted by molar-refractivity contribution is 6.23. The molecule has 2 atom stereocenters. The van der Waals surface area contributed by atoms with Crippen LogP contribution in [0.4, 0.5) is 0 Å². The lowest BCUT2D eigenvalue weighted by Gasteiger charge is -2.20. The molecule has 1 aromatic carbocycles. The van der Waals surface area contributed by atoms with E-state index in [2.05, 4.69) is 11.2 Å². The quantitative estimate of drug-likeness (QED) is 0.641. The van der Waals surface area contributed by atoms with E-state index in [9.17, 15) is 14.4 Å². The number of terminal acetylenes is 1. The van der Waals surface area contributed by atoms with Gasteiger partial charge in [0.1, 0.15) is 0 Å². The van der Waals surface area contributed by atoms with Crippen molar-refractivity contribution in [2.45, 2.75) is 19.5 Å². The summed E-state index contributed by atoms with van der Waals surface area (Å²) in [5, 5.41) is 2.40. The van der Waals surface area contributed by atoms with Gasteiger partial charge in [0.2, 0.25) is 11.8 Å². The Morgan fingerprint density at radius 1 is 1.33 bits per heavy atom. The zero-order chi connectivity index (χ0) is 15.4. The Labute approximate surface area is 123 Å². The molecule has 1 saturated heterocycles. The van der Waals surface area contributed by atoms with Gasteiger partial charge in [0.15, 0.2) is 11.7 Å². The lowest BCUT2D eigenvalue weighted by atomic mass is 10.0. The van der Waals surface area contributed by atoms with E-state index >= 15 is 0 Å². The van der Waals surface area contributed by atoms with Crippen LogP contribution in [0.3, 0.4) is 0 Å². The fourth-order valence-corrected chi connectivity index (χ4v) is 2.35. The summed E-state index contributed by atoms with van der Waals surface area (Å²) >= 11 is 0. The van der Waals surface area contributed by atoms with Crippen LogP contribution in [-0.4, -0.2) is 35.1 Å². The number of nitrogens with zero attached hydrogens (tertiary/aromatic N) is 1. The number of ketones is 1. The highest BCUT2D eigenvalue weighted by Gasteiger charge is 2.48. The van der Waals surface area contributed by atoms with E-state index in [-0.39, 0.29) is 12.3 Å². The number of carbonyl (C=O) groups excluding carboxylic acids is 3. The minimum atomic E-state index is -1.28. The fraction of sp³-hybridized carbons (Fsp3) is 0.312. The largest absolute Gasteiger partial charge is 0.344 e. The first kappa shape index (κ1) is 14.8. The summed E-state index contributed by atoms with van der Waals surface area (Å²) in [7, 11) is 0. The highest BCUT2D eigenvalue weighted by Crippen LogP contribution is 2.23. The number of hydrogen-bond acceptors (Lipinski definition) is 3. The van der Waals surface area contributed by atoms with Crippen LogP contribution in [0, 0.1) is 18.3 Å². The van der Waals surface area contributed by atoms with Gasteiger partial charge in [0, 0.05) is 6.54 Å². The smallest absolute Gasteiger partial charge is 0.243 e. The average molecular weight is 284 g/mol. The maximum Gasteiger partial charge on any atom is 0.243 e. The van der Waals surface area contributed by atoms with Crippen molar-refractivity contribution in [1.82, 2.24) is 10.2 Å². The summed E-state index contributed by atoms with van der Waals surface area (Å²) < 4.78 is 0. The number of likely N-dealkylation sites (tertiary alicyclic amines) is 1. The Kier molecular flexibility index (Phi) is 4.39. The number of carbonyl (C=O) groups is 3. The fourth-order valence-electron chi connectivity index (χ4n) is 2.35. The SMILES string of the molecule is C#CCNC(=O)C1C(=O)C(C)N(Cc2ccccc2)C1=O. The molecule has 2 amide bonds. The topological polar surface area (TPSA) is 66.5 Å². The van der Waals surface area contributed by atoms with Gasteiger partial charge in [0.05, 0.1) is 12.6 Å². The van der Waals surface area contributed by atoms with Gasteiger partial charge < -0.3 is 10.2 Å². The second-order valence-corrected chi connectivity index (χ2v) is 4.89. The van der Waals surface area contributed by atoms with Crippen molar-refractivity contribution in [3.63, 3.8) is 0 Å². The Morgan fingerprint density at radius 2 is 2.00 bits per heavy atom. The molecule has 1 N–H and O–H groups in total. The molecule has 0 spiro atoms. The predicted octanol–water partition coefficient (Wildman–Crippen LogP) is 0.352. The number of benzene rings is 1. The van der Waals surface area contributed by atoms with E-state index in [0.29, 0.717) is 6.54 Å². The monoisotopic (exact) mass is 284 g/mol. The number of amides is 2. The van der Waals surface area contributed by atoms with Gasteiger partial charge in [-0.25, -0.2) is 0 Å². The number of nitrogens with one attached hydrogen (secondary N) is 1. The molecule has 0 bridgehead atoms. The molecule has 1 aliphatic rings. The third kappa shape index (κ3) is 2.95. The van der Waals surface area contributed by atoms with Crippen LogP contribution in [0.25, 0.3) is 0 Å². The minimum Gasteiger partial charge on any atom is -0.344 e. The third-order valence-electron chi connectivity index (χ3n) is 3.52. The number of rotatable bonds is 4. The Hall–Kier alpha value is -2.61. The van der Waals surface area contributed by atoms with Crippen molar-refractivity contribution < 1.29 is 14.4 Å². The number of hydrogen-bond donors (Lipinski definition) is 1. The molecule has 0 aromatic heterocycles. The van der Waals surface area contributed by atoms with Gasteiger partial charge in [0.25, 0.3) is 0 Å². The van der Waals surface area contributed by atoms with Crippen LogP contribution in [0.15, 0.2) is 30.3 Å². The molecule has 2 unspecified atom stereocenters. The summed E-state index contributed by atoms with van der Waals surface area (Å²) in [4.78, 5) is 37.8. The first-order valence-corrected chi connectivity index (χ1v) is 6.65. The van der Waals surface area contributed by atoms with Crippen molar-refractivity contribution in [1.29, 1.82) is 0 Å². The molecule has 108 valence electrons. The van der Waals surface area contributed by atoms with Crippen molar-refractivity contribution in [3.8, 4) is 12.3 Å². The van der Waals surface area contributed by atoms with Gasteiger partial charge in [-0.2, -0.15) is 0 Å². The van der Waals surface area contributed by atoms with E-state index in [4.69, 9.17) is 6.42 Å². The van der Waals surface area contributed by atoms with E-state index in [1.165, 1.54) is 4.90 Å². The normalized spacial score (nSPS) is 21.2. The van der Waals surface area contributed by atoms with Gasteiger partial charge in [-0.15, -0.1) is 6.42 Å². The molecule has 1 fully saturated rings. The van der Waals surface area contributed by atoms with E-state index in [0.717, 1.165) is 5.56 Å². The first-order chi connectivity index (χ1) is 10.1. The van der Waals surface area contributed by atoms with Gasteiger partial charge >= 0.3 is 0 Å². The van der Waals surface area contributed by atoms with Crippen molar-refractivity contribution >= 4 is 17.6 Å². The summed E-state index contributed by atoms with van der Waals surface area (Å²) in [6.07, 6.45) is 5.06. The van der Waals surface area contributed by atoms with Crippen LogP contribution in [-0.2, 0) is 20.9 Å². The van der Waals surface area contributed by atoms with E-state index < -0.39 is 23.8 Å². The second-order valence-electron chi connectivity index (χ2n) is 4.89. The van der Waals surface area contributed by atoms with Crippen LogP contribution >= 0.6 is 0 Å². The molecule has 2 rings (SSSR count). The molecule has 1 heterocycles. The van der Waals surface area contributed by atoms with Crippen LogP contribution in [0.5, 0.6) is 0 Å². The molecule has 0 aliphatic carbocycles. The molecular formula is C16H16N2O3. The molecule has 0 saturated carbocycles. The average Bonchev–Trinajstić information content (AvgIpc) is 2.70. The third-order valence-corrected chi connectivity index (χ3v) is 3.52. The lowest BCUT2D eigenvalue weighted by Crippen LogP contribution is -2.38. The summed E-state index contributed by atoms with van der Waals surface area (Å²) in [5.74, 6) is -0.505.